The molecule has 0 aliphatic carbocycles. The highest BCUT2D eigenvalue weighted by atomic mass is 35.5. The summed E-state index contributed by atoms with van der Waals surface area (Å²) in [7, 11) is 0. The van der Waals surface area contributed by atoms with Crippen LogP contribution in [-0.4, -0.2) is 25.5 Å². The predicted molar refractivity (Wildman–Crippen MR) is 96.1 cm³/mol. The fraction of sp³-hybridized carbons (Fsp3) is 0.529. The molecule has 6 heteroatoms. The van der Waals surface area contributed by atoms with Crippen molar-refractivity contribution >= 4 is 24.2 Å². The van der Waals surface area contributed by atoms with E-state index < -0.39 is 5.60 Å². The van der Waals surface area contributed by atoms with Gasteiger partial charge in [-0.25, -0.2) is 9.67 Å². The van der Waals surface area contributed by atoms with Crippen molar-refractivity contribution in [3.8, 4) is 0 Å². The number of aromatic nitrogens is 3. The second kappa shape index (κ2) is 7.24. The maximum Gasteiger partial charge on any atom is 0.183 e. The number of nitrogens with zero attached hydrogens (tertiary/aromatic N) is 3. The first-order valence-corrected chi connectivity index (χ1v) is 8.58. The number of benzene rings is 1. The topological polar surface area (TPSA) is 50.9 Å². The minimum Gasteiger partial charge on any atom is -0.387 e. The maximum absolute atomic E-state index is 11.2. The van der Waals surface area contributed by atoms with Crippen LogP contribution < -0.4 is 0 Å². The molecule has 2 rings (SSSR count). The normalized spacial score (nSPS) is 14.7. The molecule has 1 N–H and O–H groups in total. The molecule has 1 atom stereocenters. The average molecular weight is 354 g/mol. The molecule has 0 saturated carbocycles. The lowest BCUT2D eigenvalue weighted by molar-refractivity contribution is -0.0826. The lowest BCUT2D eigenvalue weighted by Crippen LogP contribution is -2.47. The summed E-state index contributed by atoms with van der Waals surface area (Å²) in [5.41, 5.74) is -0.0833. The van der Waals surface area contributed by atoms with Gasteiger partial charge in [-0.2, -0.15) is 5.10 Å². The molecule has 0 radical (unpaired) electrons. The lowest BCUT2D eigenvalue weighted by atomic mass is 9.73. The summed E-state index contributed by atoms with van der Waals surface area (Å²) in [4.78, 5) is 4.01. The van der Waals surface area contributed by atoms with Crippen molar-refractivity contribution < 1.29 is 5.11 Å². The van der Waals surface area contributed by atoms with Gasteiger partial charge in [0, 0.05) is 5.02 Å². The van der Waals surface area contributed by atoms with E-state index in [9.17, 15) is 5.11 Å². The van der Waals surface area contributed by atoms with Crippen molar-refractivity contribution in [1.82, 2.24) is 14.8 Å². The number of hydrogen-bond acceptors (Lipinski definition) is 4. The van der Waals surface area contributed by atoms with Crippen LogP contribution in [0, 0.1) is 5.41 Å². The van der Waals surface area contributed by atoms with E-state index in [1.165, 1.54) is 6.33 Å². The number of aliphatic hydroxyl groups is 1. The van der Waals surface area contributed by atoms with E-state index in [0.717, 1.165) is 23.4 Å². The molecule has 126 valence electrons. The van der Waals surface area contributed by atoms with Gasteiger partial charge in [0.25, 0.3) is 0 Å². The number of thiol groups is 1. The maximum atomic E-state index is 11.2. The third-order valence-electron chi connectivity index (χ3n) is 4.40. The van der Waals surface area contributed by atoms with Gasteiger partial charge in [-0.1, -0.05) is 50.6 Å². The second-order valence-corrected chi connectivity index (χ2v) is 7.75. The van der Waals surface area contributed by atoms with Crippen LogP contribution in [0.4, 0.5) is 0 Å². The highest BCUT2D eigenvalue weighted by molar-refractivity contribution is 7.80. The second-order valence-electron chi connectivity index (χ2n) is 6.94. The highest BCUT2D eigenvalue weighted by Crippen LogP contribution is 2.36. The van der Waals surface area contributed by atoms with Crippen molar-refractivity contribution in [2.75, 3.05) is 0 Å². The van der Waals surface area contributed by atoms with Crippen LogP contribution in [0.1, 0.15) is 39.2 Å². The van der Waals surface area contributed by atoms with Crippen molar-refractivity contribution in [1.29, 1.82) is 0 Å². The van der Waals surface area contributed by atoms with E-state index in [1.54, 1.807) is 4.68 Å². The zero-order chi connectivity index (χ0) is 17.1. The molecule has 0 fully saturated rings. The van der Waals surface area contributed by atoms with Gasteiger partial charge in [0.15, 0.2) is 5.16 Å². The monoisotopic (exact) mass is 353 g/mol. The van der Waals surface area contributed by atoms with Gasteiger partial charge < -0.3 is 5.11 Å². The van der Waals surface area contributed by atoms with Gasteiger partial charge >= 0.3 is 0 Å². The van der Waals surface area contributed by atoms with E-state index in [2.05, 4.69) is 22.7 Å². The zero-order valence-corrected chi connectivity index (χ0v) is 15.5. The summed E-state index contributed by atoms with van der Waals surface area (Å²) >= 11 is 10.5. The van der Waals surface area contributed by atoms with Gasteiger partial charge in [0.2, 0.25) is 0 Å². The average Bonchev–Trinajstić information content (AvgIpc) is 2.85. The number of halogens is 1. The van der Waals surface area contributed by atoms with Crippen LogP contribution in [0.2, 0.25) is 5.02 Å². The van der Waals surface area contributed by atoms with Crippen molar-refractivity contribution in [3.05, 3.63) is 41.2 Å². The Labute approximate surface area is 148 Å². The largest absolute Gasteiger partial charge is 0.387 e. The molecule has 2 aromatic rings. The molecule has 0 aliphatic rings. The van der Waals surface area contributed by atoms with Gasteiger partial charge in [-0.05, 0) is 36.3 Å². The molecule has 1 aromatic carbocycles. The van der Waals surface area contributed by atoms with Crippen molar-refractivity contribution in [3.63, 3.8) is 0 Å². The van der Waals surface area contributed by atoms with Crippen molar-refractivity contribution in [2.45, 2.75) is 57.3 Å². The smallest absolute Gasteiger partial charge is 0.183 e. The minimum atomic E-state index is -0.903. The molecule has 0 aliphatic heterocycles. The van der Waals surface area contributed by atoms with Crippen LogP contribution in [-0.2, 0) is 13.0 Å². The van der Waals surface area contributed by atoms with E-state index in [-0.39, 0.29) is 5.41 Å². The Balaban J connectivity index is 2.07. The number of hydrogen-bond donors (Lipinski definition) is 2. The molecule has 0 saturated heterocycles. The van der Waals surface area contributed by atoms with E-state index in [1.807, 2.05) is 45.0 Å². The minimum absolute atomic E-state index is 0.292. The van der Waals surface area contributed by atoms with Gasteiger partial charge in [0.1, 0.15) is 6.33 Å². The van der Waals surface area contributed by atoms with Crippen LogP contribution in [0.25, 0.3) is 0 Å². The predicted octanol–water partition coefficient (Wildman–Crippen LogP) is 4.02. The molecule has 0 amide bonds. The quantitative estimate of drug-likeness (QED) is 0.771. The summed E-state index contributed by atoms with van der Waals surface area (Å²) in [5, 5.41) is 16.7. The lowest BCUT2D eigenvalue weighted by Gasteiger charge is -2.40. The Bertz CT molecular complexity index is 653. The van der Waals surface area contributed by atoms with Gasteiger partial charge in [0.05, 0.1) is 12.1 Å². The number of aryl methyl sites for hydroxylation is 1. The molecular formula is C17H24ClN3OS. The Morgan fingerprint density at radius 3 is 2.52 bits per heavy atom. The van der Waals surface area contributed by atoms with Crippen LogP contribution in [0.3, 0.4) is 0 Å². The van der Waals surface area contributed by atoms with E-state index in [4.69, 9.17) is 11.6 Å². The Hall–Kier alpha value is -1.04. The molecule has 0 bridgehead atoms. The van der Waals surface area contributed by atoms with Crippen LogP contribution in [0.15, 0.2) is 35.7 Å². The SMILES string of the molecule is CC(C)(C)C(O)(CCCc1ccccc1Cl)Cn1ncnc1S. The summed E-state index contributed by atoms with van der Waals surface area (Å²) in [5.74, 6) is 0. The summed E-state index contributed by atoms with van der Waals surface area (Å²) in [6, 6.07) is 7.84. The first-order chi connectivity index (χ1) is 10.7. The fourth-order valence-electron chi connectivity index (χ4n) is 2.58. The third kappa shape index (κ3) is 4.49. The Morgan fingerprint density at radius 1 is 1.26 bits per heavy atom. The molecular weight excluding hydrogens is 330 g/mol. The molecule has 4 nitrogen and oxygen atoms in total. The molecule has 1 heterocycles. The summed E-state index contributed by atoms with van der Waals surface area (Å²) in [6.07, 6.45) is 3.78. The Morgan fingerprint density at radius 2 is 1.96 bits per heavy atom. The van der Waals surface area contributed by atoms with E-state index >= 15 is 0 Å². The summed E-state index contributed by atoms with van der Waals surface area (Å²) < 4.78 is 1.64. The first-order valence-electron chi connectivity index (χ1n) is 7.75. The highest BCUT2D eigenvalue weighted by Gasteiger charge is 2.40. The van der Waals surface area contributed by atoms with E-state index in [0.29, 0.717) is 18.1 Å². The molecule has 23 heavy (non-hydrogen) atoms. The third-order valence-corrected chi connectivity index (χ3v) is 5.11. The number of rotatable bonds is 6. The Kier molecular flexibility index (Phi) is 5.76. The standard InChI is InChI=1S/C17H24ClN3OS/c1-16(2,3)17(22,11-21-15(23)19-12-20-21)10-6-8-13-7-4-5-9-14(13)18/h4-5,7,9,12,22H,6,8,10-11H2,1-3H3,(H,19,20,23). The molecule has 1 unspecified atom stereocenters. The van der Waals surface area contributed by atoms with Crippen LogP contribution in [0.5, 0.6) is 0 Å². The molecule has 1 aromatic heterocycles. The fourth-order valence-corrected chi connectivity index (χ4v) is 2.99. The first kappa shape index (κ1) is 18.3. The van der Waals surface area contributed by atoms with Crippen molar-refractivity contribution in [2.24, 2.45) is 5.41 Å². The molecule has 0 spiro atoms. The van der Waals surface area contributed by atoms with Gasteiger partial charge in [-0.3, -0.25) is 0 Å². The van der Waals surface area contributed by atoms with Gasteiger partial charge in [-0.15, -0.1) is 12.6 Å². The summed E-state index contributed by atoms with van der Waals surface area (Å²) in [6.45, 7) is 6.49. The van der Waals surface area contributed by atoms with Crippen LogP contribution >= 0.6 is 24.2 Å². The zero-order valence-electron chi connectivity index (χ0n) is 13.8.